The van der Waals surface area contributed by atoms with Gasteiger partial charge in [-0.3, -0.25) is 0 Å². The van der Waals surface area contributed by atoms with Crippen LogP contribution in [0.15, 0.2) is 54.1 Å². The van der Waals surface area contributed by atoms with Gasteiger partial charge in [-0.1, -0.05) is 53.0 Å². The molecular weight excluding hydrogens is 397 g/mol. The van der Waals surface area contributed by atoms with E-state index in [-0.39, 0.29) is 22.5 Å². The first-order chi connectivity index (χ1) is 10.2. The van der Waals surface area contributed by atoms with E-state index in [1.165, 1.54) is 22.3 Å². The lowest BCUT2D eigenvalue weighted by Crippen LogP contribution is -2.23. The molecular formula is C18H20BrCl2NO. The van der Waals surface area contributed by atoms with Crippen molar-refractivity contribution in [2.45, 2.75) is 12.8 Å². The van der Waals surface area contributed by atoms with E-state index in [2.05, 4.69) is 29.6 Å². The van der Waals surface area contributed by atoms with Crippen molar-refractivity contribution in [1.82, 2.24) is 5.32 Å². The number of hydrogen-bond acceptors (Lipinski definition) is 1. The predicted octanol–water partition coefficient (Wildman–Crippen LogP) is 4.93. The van der Waals surface area contributed by atoms with Gasteiger partial charge in [-0.05, 0) is 66.9 Å². The Morgan fingerprint density at radius 1 is 0.739 bits per heavy atom. The second-order valence-electron chi connectivity index (χ2n) is 5.24. The average Bonchev–Trinajstić information content (AvgIpc) is 2.52. The lowest BCUT2D eigenvalue weighted by molar-refractivity contribution is 0.611. The maximum Gasteiger partial charge on any atom is 0.0406 e. The highest BCUT2D eigenvalue weighted by atomic mass is 79.9. The molecule has 0 aliphatic carbocycles. The van der Waals surface area contributed by atoms with Gasteiger partial charge in [0.1, 0.15) is 0 Å². The molecule has 0 bridgehead atoms. The third kappa shape index (κ3) is 5.07. The summed E-state index contributed by atoms with van der Waals surface area (Å²) in [6.45, 7) is 2.08. The summed E-state index contributed by atoms with van der Waals surface area (Å²) in [5, 5.41) is 4.95. The predicted molar refractivity (Wildman–Crippen MR) is 105 cm³/mol. The van der Waals surface area contributed by atoms with Crippen molar-refractivity contribution in [1.29, 1.82) is 0 Å². The second kappa shape index (κ2) is 9.45. The number of piperidine rings is 1. The molecule has 0 atom stereocenters. The summed E-state index contributed by atoms with van der Waals surface area (Å²) in [7, 11) is 0. The van der Waals surface area contributed by atoms with Gasteiger partial charge in [-0.15, -0.1) is 17.0 Å². The number of rotatable bonds is 2. The van der Waals surface area contributed by atoms with Crippen LogP contribution in [0.2, 0.25) is 10.0 Å². The molecule has 0 aromatic heterocycles. The van der Waals surface area contributed by atoms with Crippen molar-refractivity contribution in [3.05, 3.63) is 75.3 Å². The van der Waals surface area contributed by atoms with Crippen LogP contribution < -0.4 is 5.32 Å². The SMILES string of the molecule is Br.Clc1ccc(C(=C2CCNCC2)c2ccc(Cl)cc2)cc1.O. The van der Waals surface area contributed by atoms with E-state index in [9.17, 15) is 0 Å². The highest BCUT2D eigenvalue weighted by Crippen LogP contribution is 2.32. The highest BCUT2D eigenvalue weighted by Gasteiger charge is 2.14. The quantitative estimate of drug-likeness (QED) is 0.740. The molecule has 1 aliphatic heterocycles. The molecule has 2 aromatic carbocycles. The van der Waals surface area contributed by atoms with E-state index < -0.39 is 0 Å². The van der Waals surface area contributed by atoms with Crippen LogP contribution in [0.4, 0.5) is 0 Å². The second-order valence-corrected chi connectivity index (χ2v) is 6.12. The minimum atomic E-state index is 0. The Bertz CT molecular complexity index is 598. The van der Waals surface area contributed by atoms with Gasteiger partial charge < -0.3 is 10.8 Å². The van der Waals surface area contributed by atoms with Gasteiger partial charge in [-0.2, -0.15) is 0 Å². The summed E-state index contributed by atoms with van der Waals surface area (Å²) in [6.07, 6.45) is 2.17. The summed E-state index contributed by atoms with van der Waals surface area (Å²) in [4.78, 5) is 0. The van der Waals surface area contributed by atoms with E-state index in [1.807, 2.05) is 24.3 Å². The van der Waals surface area contributed by atoms with Crippen LogP contribution in [0.25, 0.3) is 5.57 Å². The molecule has 2 aromatic rings. The summed E-state index contributed by atoms with van der Waals surface area (Å²) in [6, 6.07) is 16.2. The smallest absolute Gasteiger partial charge is 0.0406 e. The van der Waals surface area contributed by atoms with Crippen molar-refractivity contribution in [3.8, 4) is 0 Å². The molecule has 0 spiro atoms. The fraction of sp³-hybridized carbons (Fsp3) is 0.222. The van der Waals surface area contributed by atoms with Gasteiger partial charge in [0.05, 0.1) is 0 Å². The number of nitrogens with one attached hydrogen (secondary N) is 1. The van der Waals surface area contributed by atoms with E-state index in [0.29, 0.717) is 0 Å². The monoisotopic (exact) mass is 415 g/mol. The summed E-state index contributed by atoms with van der Waals surface area (Å²) >= 11 is 12.1. The maximum absolute atomic E-state index is 6.03. The van der Waals surface area contributed by atoms with Crippen molar-refractivity contribution in [3.63, 3.8) is 0 Å². The molecule has 3 rings (SSSR count). The molecule has 0 amide bonds. The Balaban J connectivity index is 0.00000132. The van der Waals surface area contributed by atoms with Crippen molar-refractivity contribution >= 4 is 45.8 Å². The Hall–Kier alpha value is -0.840. The molecule has 3 N–H and O–H groups in total. The average molecular weight is 417 g/mol. The molecule has 1 fully saturated rings. The first kappa shape index (κ1) is 20.2. The first-order valence-electron chi connectivity index (χ1n) is 7.18. The van der Waals surface area contributed by atoms with E-state index >= 15 is 0 Å². The van der Waals surface area contributed by atoms with Crippen LogP contribution >= 0.6 is 40.2 Å². The Morgan fingerprint density at radius 2 is 1.13 bits per heavy atom. The van der Waals surface area contributed by atoms with Crippen LogP contribution in [0.5, 0.6) is 0 Å². The number of halogens is 3. The Labute approximate surface area is 157 Å². The van der Waals surface area contributed by atoms with Crippen LogP contribution in [-0.2, 0) is 0 Å². The van der Waals surface area contributed by atoms with Crippen LogP contribution in [0.1, 0.15) is 24.0 Å². The van der Waals surface area contributed by atoms with Crippen LogP contribution in [0.3, 0.4) is 0 Å². The van der Waals surface area contributed by atoms with Crippen molar-refractivity contribution in [2.24, 2.45) is 0 Å². The highest BCUT2D eigenvalue weighted by molar-refractivity contribution is 8.93. The Kier molecular flexibility index (Phi) is 8.31. The maximum atomic E-state index is 6.03. The zero-order valence-electron chi connectivity index (χ0n) is 12.6. The fourth-order valence-corrected chi connectivity index (χ4v) is 3.04. The molecule has 23 heavy (non-hydrogen) atoms. The lowest BCUT2D eigenvalue weighted by Gasteiger charge is -2.21. The molecule has 0 radical (unpaired) electrons. The van der Waals surface area contributed by atoms with Gasteiger partial charge in [0.2, 0.25) is 0 Å². The Morgan fingerprint density at radius 3 is 1.52 bits per heavy atom. The van der Waals surface area contributed by atoms with Gasteiger partial charge >= 0.3 is 0 Å². The zero-order chi connectivity index (χ0) is 14.7. The van der Waals surface area contributed by atoms with E-state index in [1.54, 1.807) is 0 Å². The summed E-state index contributed by atoms with van der Waals surface area (Å²) in [5.41, 5.74) is 5.26. The van der Waals surface area contributed by atoms with Gasteiger partial charge in [0.15, 0.2) is 0 Å². The molecule has 0 unspecified atom stereocenters. The third-order valence-corrected chi connectivity index (χ3v) is 4.33. The molecule has 124 valence electrons. The topological polar surface area (TPSA) is 43.5 Å². The zero-order valence-corrected chi connectivity index (χ0v) is 15.8. The lowest BCUT2D eigenvalue weighted by atomic mass is 9.89. The van der Waals surface area contributed by atoms with Crippen molar-refractivity contribution < 1.29 is 5.48 Å². The fourth-order valence-electron chi connectivity index (χ4n) is 2.79. The normalized spacial score (nSPS) is 13.7. The van der Waals surface area contributed by atoms with E-state index in [4.69, 9.17) is 23.2 Å². The van der Waals surface area contributed by atoms with Gasteiger partial charge in [0.25, 0.3) is 0 Å². The molecule has 5 heteroatoms. The summed E-state index contributed by atoms with van der Waals surface area (Å²) in [5.74, 6) is 0. The van der Waals surface area contributed by atoms with Gasteiger partial charge in [-0.25, -0.2) is 0 Å². The number of hydrogen-bond donors (Lipinski definition) is 1. The molecule has 0 saturated carbocycles. The van der Waals surface area contributed by atoms with Crippen LogP contribution in [0, 0.1) is 0 Å². The van der Waals surface area contributed by atoms with Crippen molar-refractivity contribution in [2.75, 3.05) is 13.1 Å². The van der Waals surface area contributed by atoms with E-state index in [0.717, 1.165) is 36.0 Å². The molecule has 1 heterocycles. The third-order valence-electron chi connectivity index (χ3n) is 3.83. The van der Waals surface area contributed by atoms with Gasteiger partial charge in [0, 0.05) is 10.0 Å². The minimum absolute atomic E-state index is 0. The molecule has 2 nitrogen and oxygen atoms in total. The first-order valence-corrected chi connectivity index (χ1v) is 7.94. The van der Waals surface area contributed by atoms with Crippen LogP contribution in [-0.4, -0.2) is 18.6 Å². The molecule has 1 aliphatic rings. The molecule has 1 saturated heterocycles. The summed E-state index contributed by atoms with van der Waals surface area (Å²) < 4.78 is 0. The minimum Gasteiger partial charge on any atom is -0.412 e. The standard InChI is InChI=1S/C18H17Cl2N.BrH.H2O/c19-16-5-1-13(2-6-16)18(15-9-11-21-12-10-15)14-3-7-17(20)8-4-14;;/h1-8,21H,9-12H2;1H;1H2. The largest absolute Gasteiger partial charge is 0.412 e. The number of benzene rings is 2.